The molecule has 0 saturated carbocycles. The molecule has 0 radical (unpaired) electrons. The van der Waals surface area contributed by atoms with Crippen molar-refractivity contribution in [3.05, 3.63) is 0 Å². The van der Waals surface area contributed by atoms with Gasteiger partial charge in [-0.05, 0) is 26.2 Å². The maximum absolute atomic E-state index is 12.1. The average molecular weight is 248 g/mol. The summed E-state index contributed by atoms with van der Waals surface area (Å²) >= 11 is 0. The summed E-state index contributed by atoms with van der Waals surface area (Å²) in [6.45, 7) is 10.1. The lowest BCUT2D eigenvalue weighted by Gasteiger charge is -2.35. The van der Waals surface area contributed by atoms with Crippen LogP contribution in [0.25, 0.3) is 0 Å². The van der Waals surface area contributed by atoms with Gasteiger partial charge in [-0.2, -0.15) is 4.31 Å². The maximum atomic E-state index is 12.1. The van der Waals surface area contributed by atoms with Crippen molar-refractivity contribution < 1.29 is 8.42 Å². The first-order valence-corrected chi connectivity index (χ1v) is 7.58. The molecule has 1 N–H and O–H groups in total. The lowest BCUT2D eigenvalue weighted by Crippen LogP contribution is -2.51. The first-order chi connectivity index (χ1) is 7.26. The third-order valence-electron chi connectivity index (χ3n) is 3.01. The lowest BCUT2D eigenvalue weighted by molar-refractivity contribution is 0.220. The Balaban J connectivity index is 2.86. The Labute approximate surface area is 99.5 Å². The van der Waals surface area contributed by atoms with E-state index in [1.54, 1.807) is 4.31 Å². The van der Waals surface area contributed by atoms with Crippen molar-refractivity contribution in [2.24, 2.45) is 5.92 Å². The second-order valence-electron chi connectivity index (χ2n) is 5.56. The van der Waals surface area contributed by atoms with E-state index in [4.69, 9.17) is 0 Å². The van der Waals surface area contributed by atoms with Gasteiger partial charge in [0.05, 0.1) is 5.75 Å². The summed E-state index contributed by atoms with van der Waals surface area (Å²) in [5, 5.41) is 3.19. The normalized spacial score (nSPS) is 25.6. The Hall–Kier alpha value is -0.130. The maximum Gasteiger partial charge on any atom is 0.215 e. The minimum atomic E-state index is -3.09. The molecular formula is C11H24N2O2S. The van der Waals surface area contributed by atoms with E-state index in [-0.39, 0.29) is 11.3 Å². The largest absolute Gasteiger partial charge is 0.314 e. The van der Waals surface area contributed by atoms with Crippen molar-refractivity contribution in [3.63, 3.8) is 0 Å². The molecule has 5 heteroatoms. The van der Waals surface area contributed by atoms with Crippen LogP contribution in [0.1, 0.15) is 34.1 Å². The fourth-order valence-corrected chi connectivity index (χ4v) is 3.81. The van der Waals surface area contributed by atoms with E-state index < -0.39 is 10.0 Å². The quantitative estimate of drug-likeness (QED) is 0.812. The summed E-state index contributed by atoms with van der Waals surface area (Å²) in [6.07, 6.45) is 0.919. The Morgan fingerprint density at radius 3 is 2.56 bits per heavy atom. The highest BCUT2D eigenvalue weighted by Crippen LogP contribution is 2.22. The van der Waals surface area contributed by atoms with E-state index in [1.165, 1.54) is 0 Å². The average Bonchev–Trinajstić information content (AvgIpc) is 2.20. The molecule has 1 saturated heterocycles. The van der Waals surface area contributed by atoms with Gasteiger partial charge in [0.15, 0.2) is 0 Å². The number of rotatable bonds is 3. The molecule has 1 aliphatic heterocycles. The highest BCUT2D eigenvalue weighted by molar-refractivity contribution is 7.89. The van der Waals surface area contributed by atoms with E-state index in [1.807, 2.05) is 13.8 Å². The number of sulfonamides is 1. The van der Waals surface area contributed by atoms with Crippen LogP contribution in [0, 0.1) is 5.92 Å². The van der Waals surface area contributed by atoms with E-state index in [9.17, 15) is 8.42 Å². The van der Waals surface area contributed by atoms with Crippen molar-refractivity contribution >= 4 is 10.0 Å². The van der Waals surface area contributed by atoms with Gasteiger partial charge in [0.2, 0.25) is 10.0 Å². The van der Waals surface area contributed by atoms with E-state index in [2.05, 4.69) is 19.2 Å². The molecule has 0 unspecified atom stereocenters. The zero-order valence-corrected chi connectivity index (χ0v) is 11.6. The second kappa shape index (κ2) is 5.02. The summed E-state index contributed by atoms with van der Waals surface area (Å²) in [5.74, 6) is 0.747. The van der Waals surface area contributed by atoms with Crippen LogP contribution in [0.3, 0.4) is 0 Å². The summed E-state index contributed by atoms with van der Waals surface area (Å²) in [4.78, 5) is 0. The monoisotopic (exact) mass is 248 g/mol. The highest BCUT2D eigenvalue weighted by atomic mass is 32.2. The molecule has 0 aliphatic carbocycles. The van der Waals surface area contributed by atoms with Crippen LogP contribution in [0.5, 0.6) is 0 Å². The van der Waals surface area contributed by atoms with Crippen molar-refractivity contribution in [3.8, 4) is 0 Å². The molecule has 0 aromatic rings. The zero-order valence-electron chi connectivity index (χ0n) is 10.8. The summed E-state index contributed by atoms with van der Waals surface area (Å²) in [7, 11) is -3.09. The van der Waals surface area contributed by atoms with Gasteiger partial charge < -0.3 is 5.32 Å². The van der Waals surface area contributed by atoms with Gasteiger partial charge in [-0.1, -0.05) is 13.8 Å². The molecule has 1 rings (SSSR count). The third kappa shape index (κ3) is 3.43. The molecule has 0 amide bonds. The van der Waals surface area contributed by atoms with Gasteiger partial charge in [0, 0.05) is 25.2 Å². The molecule has 0 aromatic heterocycles. The minimum absolute atomic E-state index is 0.217. The molecule has 96 valence electrons. The van der Waals surface area contributed by atoms with Crippen molar-refractivity contribution in [1.29, 1.82) is 0 Å². The highest BCUT2D eigenvalue weighted by Gasteiger charge is 2.37. The fraction of sp³-hybridized carbons (Fsp3) is 1.00. The van der Waals surface area contributed by atoms with Gasteiger partial charge in [0.25, 0.3) is 0 Å². The van der Waals surface area contributed by atoms with Crippen molar-refractivity contribution in [2.45, 2.75) is 39.7 Å². The molecular weight excluding hydrogens is 224 g/mol. The molecule has 1 heterocycles. The molecule has 4 nitrogen and oxygen atoms in total. The predicted octanol–water partition coefficient (Wildman–Crippen LogP) is 1.05. The van der Waals surface area contributed by atoms with Gasteiger partial charge in [0.1, 0.15) is 0 Å². The molecule has 16 heavy (non-hydrogen) atoms. The Kier molecular flexibility index (Phi) is 4.37. The van der Waals surface area contributed by atoms with Crippen LogP contribution in [0.2, 0.25) is 0 Å². The van der Waals surface area contributed by atoms with E-state index >= 15 is 0 Å². The van der Waals surface area contributed by atoms with Crippen molar-refractivity contribution in [1.82, 2.24) is 9.62 Å². The smallest absolute Gasteiger partial charge is 0.215 e. The Morgan fingerprint density at radius 1 is 1.38 bits per heavy atom. The predicted molar refractivity (Wildman–Crippen MR) is 66.9 cm³/mol. The molecule has 0 bridgehead atoms. The second-order valence-corrected chi connectivity index (χ2v) is 7.57. The fourth-order valence-electron chi connectivity index (χ4n) is 1.99. The number of nitrogens with zero attached hydrogens (tertiary/aromatic N) is 1. The van der Waals surface area contributed by atoms with Crippen LogP contribution in [0.15, 0.2) is 0 Å². The zero-order chi connectivity index (χ0) is 12.4. The van der Waals surface area contributed by atoms with Gasteiger partial charge in [-0.25, -0.2) is 8.42 Å². The first kappa shape index (κ1) is 13.9. The molecule has 0 atom stereocenters. The number of hydrogen-bond acceptors (Lipinski definition) is 3. The van der Waals surface area contributed by atoms with Gasteiger partial charge in [-0.3, -0.25) is 0 Å². The van der Waals surface area contributed by atoms with Crippen LogP contribution in [-0.2, 0) is 10.0 Å². The molecule has 1 aliphatic rings. The topological polar surface area (TPSA) is 49.4 Å². The Morgan fingerprint density at radius 2 is 2.00 bits per heavy atom. The van der Waals surface area contributed by atoms with Crippen molar-refractivity contribution in [2.75, 3.05) is 25.4 Å². The SMILES string of the molecule is CC(C)CCN1C(C)(C)CNCCS1(=O)=O. The lowest BCUT2D eigenvalue weighted by atomic mass is 10.0. The summed E-state index contributed by atoms with van der Waals surface area (Å²) in [5.41, 5.74) is -0.315. The molecule has 0 spiro atoms. The van der Waals surface area contributed by atoms with Crippen LogP contribution in [-0.4, -0.2) is 43.6 Å². The van der Waals surface area contributed by atoms with Gasteiger partial charge >= 0.3 is 0 Å². The van der Waals surface area contributed by atoms with Gasteiger partial charge in [-0.15, -0.1) is 0 Å². The first-order valence-electron chi connectivity index (χ1n) is 5.97. The van der Waals surface area contributed by atoms with Crippen LogP contribution >= 0.6 is 0 Å². The summed E-state index contributed by atoms with van der Waals surface area (Å²) in [6, 6.07) is 0. The van der Waals surface area contributed by atoms with Crippen LogP contribution in [0.4, 0.5) is 0 Å². The van der Waals surface area contributed by atoms with Crippen LogP contribution < -0.4 is 5.32 Å². The standard InChI is InChI=1S/C11H24N2O2S/c1-10(2)5-7-13-11(3,4)9-12-6-8-16(13,14)15/h10,12H,5-9H2,1-4H3. The third-order valence-corrected chi connectivity index (χ3v) is 5.08. The Bertz CT molecular complexity index is 323. The summed E-state index contributed by atoms with van der Waals surface area (Å²) < 4.78 is 25.9. The number of hydrogen-bond donors (Lipinski definition) is 1. The van der Waals surface area contributed by atoms with E-state index in [0.29, 0.717) is 19.0 Å². The van der Waals surface area contributed by atoms with E-state index in [0.717, 1.165) is 13.0 Å². The number of nitrogens with one attached hydrogen (secondary N) is 1. The minimum Gasteiger partial charge on any atom is -0.314 e. The molecule has 1 fully saturated rings. The molecule has 0 aromatic carbocycles.